The van der Waals surface area contributed by atoms with Gasteiger partial charge in [-0.1, -0.05) is 11.6 Å². The molecule has 0 saturated carbocycles. The summed E-state index contributed by atoms with van der Waals surface area (Å²) in [6.45, 7) is 0. The molecule has 0 atom stereocenters. The van der Waals surface area contributed by atoms with Gasteiger partial charge in [0.05, 0.1) is 13.7 Å². The normalized spacial score (nSPS) is 16.2. The molecule has 2 amide bonds. The molecule has 1 fully saturated rings. The van der Waals surface area contributed by atoms with Gasteiger partial charge in [0.15, 0.2) is 5.11 Å². The van der Waals surface area contributed by atoms with Gasteiger partial charge >= 0.3 is 0 Å². The van der Waals surface area contributed by atoms with E-state index < -0.39 is 11.8 Å². The third kappa shape index (κ3) is 3.78. The lowest BCUT2D eigenvalue weighted by Gasteiger charge is -2.29. The summed E-state index contributed by atoms with van der Waals surface area (Å²) in [7, 11) is 0. The molecule has 2 aromatic rings. The monoisotopic (exact) mass is 562 g/mol. The Morgan fingerprint density at radius 3 is 2.50 bits per heavy atom. The fourth-order valence-electron chi connectivity index (χ4n) is 2.32. The number of amides is 2. The van der Waals surface area contributed by atoms with Crippen LogP contribution in [0.25, 0.3) is 6.08 Å². The van der Waals surface area contributed by atoms with Crippen molar-refractivity contribution in [3.63, 3.8) is 0 Å². The van der Waals surface area contributed by atoms with Crippen LogP contribution in [0.1, 0.15) is 5.56 Å². The van der Waals surface area contributed by atoms with Gasteiger partial charge in [-0.15, -0.1) is 0 Å². The molecule has 0 bridgehead atoms. The number of phenols is 1. The molecule has 26 heavy (non-hydrogen) atoms. The van der Waals surface area contributed by atoms with Gasteiger partial charge in [-0.2, -0.15) is 0 Å². The van der Waals surface area contributed by atoms with Crippen LogP contribution in [0.4, 0.5) is 5.69 Å². The molecule has 0 radical (unpaired) electrons. The maximum Gasteiger partial charge on any atom is 0.270 e. The molecule has 9 heteroatoms. The van der Waals surface area contributed by atoms with Crippen molar-refractivity contribution in [2.24, 2.45) is 0 Å². The molecule has 1 aliphatic heterocycles. The number of hydrogen-bond acceptors (Lipinski definition) is 4. The Morgan fingerprint density at radius 2 is 1.88 bits per heavy atom. The predicted octanol–water partition coefficient (Wildman–Crippen LogP) is 4.24. The maximum absolute atomic E-state index is 12.9. The lowest BCUT2D eigenvalue weighted by molar-refractivity contribution is -0.122. The standard InChI is InChI=1S/C17H9BrClIN2O3S/c18-12-6-8(7-13(20)14(12)23)5-11-15(24)21-17(26)22(16(11)25)10-3-1-9(19)2-4-10/h1-7,23H,(H,21,24,26)/b11-5+. The zero-order valence-electron chi connectivity index (χ0n) is 12.8. The molecule has 1 aliphatic rings. The van der Waals surface area contributed by atoms with E-state index in [1.807, 2.05) is 22.6 Å². The second-order valence-corrected chi connectivity index (χ2v) is 8.11. The molecule has 0 spiro atoms. The number of anilines is 1. The van der Waals surface area contributed by atoms with Gasteiger partial charge in [0, 0.05) is 5.02 Å². The number of carbonyl (C=O) groups is 2. The average molecular weight is 564 g/mol. The minimum Gasteiger partial charge on any atom is -0.506 e. The summed E-state index contributed by atoms with van der Waals surface area (Å²) in [5.74, 6) is -1.03. The average Bonchev–Trinajstić information content (AvgIpc) is 2.58. The molecule has 0 unspecified atom stereocenters. The molecule has 5 nitrogen and oxygen atoms in total. The van der Waals surface area contributed by atoms with Crippen LogP contribution in [0.2, 0.25) is 5.02 Å². The topological polar surface area (TPSA) is 69.6 Å². The van der Waals surface area contributed by atoms with Crippen molar-refractivity contribution in [3.05, 3.63) is 60.6 Å². The lowest BCUT2D eigenvalue weighted by Crippen LogP contribution is -2.54. The minimum absolute atomic E-state index is 0.000870. The van der Waals surface area contributed by atoms with Crippen molar-refractivity contribution in [2.75, 3.05) is 4.90 Å². The third-order valence-electron chi connectivity index (χ3n) is 3.54. The molecule has 0 aromatic heterocycles. The number of phenolic OH excluding ortho intramolecular Hbond substituents is 1. The van der Waals surface area contributed by atoms with E-state index in [1.54, 1.807) is 36.4 Å². The number of nitrogens with zero attached hydrogens (tertiary/aromatic N) is 1. The molecular weight excluding hydrogens is 555 g/mol. The highest BCUT2D eigenvalue weighted by atomic mass is 127. The van der Waals surface area contributed by atoms with Crippen LogP contribution in [0.3, 0.4) is 0 Å². The van der Waals surface area contributed by atoms with Gasteiger partial charge in [-0.25, -0.2) is 0 Å². The van der Waals surface area contributed by atoms with E-state index in [-0.39, 0.29) is 16.4 Å². The fourth-order valence-corrected chi connectivity index (χ4v) is 4.22. The van der Waals surface area contributed by atoms with Crippen LogP contribution in [0.15, 0.2) is 46.4 Å². The Kier molecular flexibility index (Phi) is 5.66. The Labute approximate surface area is 181 Å². The van der Waals surface area contributed by atoms with Crippen molar-refractivity contribution >= 4 is 91.0 Å². The first kappa shape index (κ1) is 19.3. The lowest BCUT2D eigenvalue weighted by atomic mass is 10.1. The number of halogens is 3. The number of benzene rings is 2. The third-order valence-corrected chi connectivity index (χ3v) is 5.50. The number of thiocarbonyl (C=S) groups is 1. The van der Waals surface area contributed by atoms with Crippen LogP contribution in [-0.4, -0.2) is 22.0 Å². The van der Waals surface area contributed by atoms with Crippen molar-refractivity contribution in [1.82, 2.24) is 5.32 Å². The highest BCUT2D eigenvalue weighted by Crippen LogP contribution is 2.32. The maximum atomic E-state index is 12.9. The van der Waals surface area contributed by atoms with Crippen LogP contribution < -0.4 is 10.2 Å². The van der Waals surface area contributed by atoms with E-state index in [0.717, 1.165) is 0 Å². The first-order chi connectivity index (χ1) is 12.3. The molecule has 3 rings (SSSR count). The summed E-state index contributed by atoms with van der Waals surface area (Å²) in [5.41, 5.74) is 1.01. The molecule has 2 aromatic carbocycles. The number of carbonyl (C=O) groups excluding carboxylic acids is 2. The minimum atomic E-state index is -0.579. The summed E-state index contributed by atoms with van der Waals surface area (Å²) in [6, 6.07) is 9.82. The van der Waals surface area contributed by atoms with Gasteiger partial charge in [0.25, 0.3) is 11.8 Å². The van der Waals surface area contributed by atoms with E-state index >= 15 is 0 Å². The second-order valence-electron chi connectivity index (χ2n) is 5.27. The van der Waals surface area contributed by atoms with E-state index in [2.05, 4.69) is 21.2 Å². The quantitative estimate of drug-likeness (QED) is 0.248. The van der Waals surface area contributed by atoms with Crippen LogP contribution >= 0.6 is 62.3 Å². The Balaban J connectivity index is 2.04. The van der Waals surface area contributed by atoms with E-state index in [1.165, 1.54) is 11.0 Å². The first-order valence-electron chi connectivity index (χ1n) is 7.13. The highest BCUT2D eigenvalue weighted by Gasteiger charge is 2.34. The SMILES string of the molecule is O=C1NC(=S)N(c2ccc(Cl)cc2)C(=O)/C1=C/c1cc(Br)c(O)c(I)c1. The van der Waals surface area contributed by atoms with Gasteiger partial charge in [0.2, 0.25) is 0 Å². The van der Waals surface area contributed by atoms with Crippen molar-refractivity contribution in [3.8, 4) is 5.75 Å². The van der Waals surface area contributed by atoms with Gasteiger partial charge < -0.3 is 5.11 Å². The van der Waals surface area contributed by atoms with Gasteiger partial charge in [-0.05, 0) is 98.8 Å². The first-order valence-corrected chi connectivity index (χ1v) is 9.79. The Hall–Kier alpha value is -1.49. The Morgan fingerprint density at radius 1 is 1.23 bits per heavy atom. The molecule has 0 aliphatic carbocycles. The Bertz CT molecular complexity index is 955. The zero-order valence-corrected chi connectivity index (χ0v) is 18.1. The summed E-state index contributed by atoms with van der Waals surface area (Å²) in [6.07, 6.45) is 1.45. The largest absolute Gasteiger partial charge is 0.506 e. The number of hydrogen-bond donors (Lipinski definition) is 2. The van der Waals surface area contributed by atoms with Crippen LogP contribution in [-0.2, 0) is 9.59 Å². The van der Waals surface area contributed by atoms with Gasteiger partial charge in [0.1, 0.15) is 11.3 Å². The molecule has 132 valence electrons. The highest BCUT2D eigenvalue weighted by molar-refractivity contribution is 14.1. The van der Waals surface area contributed by atoms with E-state index in [4.69, 9.17) is 23.8 Å². The van der Waals surface area contributed by atoms with Crippen molar-refractivity contribution in [1.29, 1.82) is 0 Å². The number of nitrogens with one attached hydrogen (secondary N) is 1. The van der Waals surface area contributed by atoms with Crippen LogP contribution in [0.5, 0.6) is 5.75 Å². The molecule has 1 saturated heterocycles. The molecule has 2 N–H and O–H groups in total. The summed E-state index contributed by atoms with van der Waals surface area (Å²) < 4.78 is 1.04. The number of rotatable bonds is 2. The summed E-state index contributed by atoms with van der Waals surface area (Å²) in [4.78, 5) is 26.4. The second kappa shape index (κ2) is 7.63. The fraction of sp³-hybridized carbons (Fsp3) is 0. The molecular formula is C17H9BrClIN2O3S. The number of aromatic hydroxyl groups is 1. The van der Waals surface area contributed by atoms with E-state index in [9.17, 15) is 14.7 Å². The predicted molar refractivity (Wildman–Crippen MR) is 116 cm³/mol. The van der Waals surface area contributed by atoms with Crippen LogP contribution in [0, 0.1) is 3.57 Å². The molecule has 1 heterocycles. The van der Waals surface area contributed by atoms with Crippen molar-refractivity contribution < 1.29 is 14.7 Å². The van der Waals surface area contributed by atoms with E-state index in [0.29, 0.717) is 24.3 Å². The summed E-state index contributed by atoms with van der Waals surface area (Å²) in [5, 5.41) is 12.9. The zero-order chi connectivity index (χ0) is 19.0. The smallest absolute Gasteiger partial charge is 0.270 e. The van der Waals surface area contributed by atoms with Crippen molar-refractivity contribution in [2.45, 2.75) is 0 Å². The van der Waals surface area contributed by atoms with Gasteiger partial charge in [-0.3, -0.25) is 19.8 Å². The summed E-state index contributed by atoms with van der Waals surface area (Å²) >= 11 is 16.2.